The maximum atomic E-state index is 12.2. The number of benzene rings is 1. The van der Waals surface area contributed by atoms with Crippen molar-refractivity contribution in [2.24, 2.45) is 0 Å². The highest BCUT2D eigenvalue weighted by atomic mass is 32.2. The number of carboxylic acids is 1. The molecule has 0 fully saturated rings. The molecule has 22 heavy (non-hydrogen) atoms. The molecule has 2 N–H and O–H groups in total. The van der Waals surface area contributed by atoms with E-state index in [1.807, 2.05) is 0 Å². The van der Waals surface area contributed by atoms with E-state index in [4.69, 9.17) is 9.84 Å². The molecule has 1 unspecified atom stereocenters. The van der Waals surface area contributed by atoms with E-state index >= 15 is 0 Å². The first-order valence-corrected chi connectivity index (χ1v) is 8.32. The lowest BCUT2D eigenvalue weighted by molar-refractivity contribution is -0.139. The number of hydrogen-bond donors (Lipinski definition) is 2. The molecular formula is C14H19NO6S. The topological polar surface area (TPSA) is 110 Å². The van der Waals surface area contributed by atoms with Gasteiger partial charge in [0.1, 0.15) is 6.04 Å². The fourth-order valence-electron chi connectivity index (χ4n) is 1.78. The number of carbonyl (C=O) groups excluding carboxylic acids is 1. The second-order valence-electron chi connectivity index (χ2n) is 4.55. The van der Waals surface area contributed by atoms with Gasteiger partial charge >= 0.3 is 11.9 Å². The van der Waals surface area contributed by atoms with Gasteiger partial charge in [-0.2, -0.15) is 4.72 Å². The van der Waals surface area contributed by atoms with Crippen molar-refractivity contribution in [3.05, 3.63) is 29.8 Å². The normalized spacial score (nSPS) is 12.6. The standard InChI is InChI=1S/C14H19NO6S/c1-3-6-12(13(16)17)15-22(19,20)11-8-5-7-10(9-11)14(18)21-4-2/h5,7-9,12,15H,3-4,6H2,1-2H3,(H,16,17). The summed E-state index contributed by atoms with van der Waals surface area (Å²) >= 11 is 0. The summed E-state index contributed by atoms with van der Waals surface area (Å²) in [5.41, 5.74) is 0.0899. The molecule has 0 spiro atoms. The highest BCUT2D eigenvalue weighted by Gasteiger charge is 2.25. The number of sulfonamides is 1. The van der Waals surface area contributed by atoms with Crippen LogP contribution in [0.4, 0.5) is 0 Å². The Morgan fingerprint density at radius 2 is 2.00 bits per heavy atom. The van der Waals surface area contributed by atoms with Crippen molar-refractivity contribution in [3.63, 3.8) is 0 Å². The van der Waals surface area contributed by atoms with Crippen molar-refractivity contribution in [3.8, 4) is 0 Å². The minimum Gasteiger partial charge on any atom is -0.480 e. The van der Waals surface area contributed by atoms with Crippen LogP contribution in [0.2, 0.25) is 0 Å². The van der Waals surface area contributed by atoms with E-state index in [2.05, 4.69) is 4.72 Å². The molecule has 7 nitrogen and oxygen atoms in total. The third-order valence-electron chi connectivity index (χ3n) is 2.83. The minimum absolute atomic E-state index is 0.0899. The van der Waals surface area contributed by atoms with Gasteiger partial charge in [0.15, 0.2) is 0 Å². The van der Waals surface area contributed by atoms with E-state index in [0.29, 0.717) is 6.42 Å². The second kappa shape index (κ2) is 7.90. The summed E-state index contributed by atoms with van der Waals surface area (Å²) in [5.74, 6) is -1.88. The molecule has 0 heterocycles. The summed E-state index contributed by atoms with van der Waals surface area (Å²) in [5, 5.41) is 9.03. The summed E-state index contributed by atoms with van der Waals surface area (Å²) in [6, 6.07) is 4.07. The fraction of sp³-hybridized carbons (Fsp3) is 0.429. The molecule has 8 heteroatoms. The molecule has 0 bridgehead atoms. The molecule has 0 aliphatic rings. The molecule has 1 aromatic carbocycles. The van der Waals surface area contributed by atoms with Gasteiger partial charge in [0.25, 0.3) is 0 Å². The van der Waals surface area contributed by atoms with Crippen molar-refractivity contribution in [2.45, 2.75) is 37.6 Å². The van der Waals surface area contributed by atoms with Crippen LogP contribution in [0.15, 0.2) is 29.2 Å². The van der Waals surface area contributed by atoms with Gasteiger partial charge in [-0.3, -0.25) is 4.79 Å². The number of hydrogen-bond acceptors (Lipinski definition) is 5. The van der Waals surface area contributed by atoms with Gasteiger partial charge in [-0.25, -0.2) is 13.2 Å². The first-order valence-electron chi connectivity index (χ1n) is 6.84. The van der Waals surface area contributed by atoms with Crippen molar-refractivity contribution in [1.29, 1.82) is 0 Å². The van der Waals surface area contributed by atoms with Crippen LogP contribution in [-0.2, 0) is 19.6 Å². The largest absolute Gasteiger partial charge is 0.480 e. The van der Waals surface area contributed by atoms with Crippen LogP contribution < -0.4 is 4.72 Å². The first-order chi connectivity index (χ1) is 10.3. The maximum Gasteiger partial charge on any atom is 0.338 e. The summed E-state index contributed by atoms with van der Waals surface area (Å²) in [6.45, 7) is 3.57. The Morgan fingerprint density at radius 3 is 2.55 bits per heavy atom. The van der Waals surface area contributed by atoms with E-state index in [1.54, 1.807) is 13.8 Å². The Balaban J connectivity index is 3.05. The van der Waals surface area contributed by atoms with E-state index in [9.17, 15) is 18.0 Å². The Kier molecular flexibility index (Phi) is 6.51. The van der Waals surface area contributed by atoms with Crippen molar-refractivity contribution in [1.82, 2.24) is 4.72 Å². The highest BCUT2D eigenvalue weighted by Crippen LogP contribution is 2.14. The van der Waals surface area contributed by atoms with Crippen LogP contribution >= 0.6 is 0 Å². The number of rotatable bonds is 8. The van der Waals surface area contributed by atoms with Crippen molar-refractivity contribution in [2.75, 3.05) is 6.61 Å². The zero-order chi connectivity index (χ0) is 16.8. The van der Waals surface area contributed by atoms with Crippen LogP contribution in [0.25, 0.3) is 0 Å². The molecule has 0 radical (unpaired) electrons. The molecule has 122 valence electrons. The van der Waals surface area contributed by atoms with Gasteiger partial charge in [-0.05, 0) is 31.5 Å². The SMILES string of the molecule is CCCC(NS(=O)(=O)c1cccc(C(=O)OCC)c1)C(=O)O. The number of carboxylic acid groups (broad SMARTS) is 1. The molecule has 0 aliphatic carbocycles. The van der Waals surface area contributed by atoms with E-state index < -0.39 is 28.0 Å². The summed E-state index contributed by atoms with van der Waals surface area (Å²) in [4.78, 5) is 22.5. The Hall–Kier alpha value is -1.93. The molecule has 0 saturated heterocycles. The Labute approximate surface area is 129 Å². The van der Waals surface area contributed by atoms with Gasteiger partial charge in [0.05, 0.1) is 17.1 Å². The van der Waals surface area contributed by atoms with Crippen LogP contribution in [0, 0.1) is 0 Å². The molecule has 0 aromatic heterocycles. The zero-order valence-electron chi connectivity index (χ0n) is 12.4. The monoisotopic (exact) mass is 329 g/mol. The molecule has 1 aromatic rings. The van der Waals surface area contributed by atoms with Crippen molar-refractivity contribution >= 4 is 22.0 Å². The molecular weight excluding hydrogens is 310 g/mol. The third-order valence-corrected chi connectivity index (χ3v) is 4.30. The predicted octanol–water partition coefficient (Wildman–Crippen LogP) is 1.39. The second-order valence-corrected chi connectivity index (χ2v) is 6.26. The average molecular weight is 329 g/mol. The van der Waals surface area contributed by atoms with Gasteiger partial charge in [-0.1, -0.05) is 19.4 Å². The third kappa shape index (κ3) is 4.81. The first kappa shape index (κ1) is 18.1. The number of nitrogens with one attached hydrogen (secondary N) is 1. The number of esters is 1. The van der Waals surface area contributed by atoms with Crippen molar-refractivity contribution < 1.29 is 27.9 Å². The number of ether oxygens (including phenoxy) is 1. The quantitative estimate of drug-likeness (QED) is 0.698. The average Bonchev–Trinajstić information content (AvgIpc) is 2.47. The highest BCUT2D eigenvalue weighted by molar-refractivity contribution is 7.89. The van der Waals surface area contributed by atoms with Gasteiger partial charge < -0.3 is 9.84 Å². The number of aliphatic carboxylic acids is 1. The van der Waals surface area contributed by atoms with Crippen LogP contribution in [0.3, 0.4) is 0 Å². The molecule has 0 amide bonds. The van der Waals surface area contributed by atoms with Crippen LogP contribution in [-0.4, -0.2) is 38.1 Å². The maximum absolute atomic E-state index is 12.2. The Bertz CT molecular complexity index is 640. The fourth-order valence-corrected chi connectivity index (χ4v) is 3.05. The summed E-state index contributed by atoms with van der Waals surface area (Å²) in [7, 11) is -4.04. The molecule has 0 aliphatic heterocycles. The smallest absolute Gasteiger partial charge is 0.338 e. The number of carbonyl (C=O) groups is 2. The van der Waals surface area contributed by atoms with Crippen LogP contribution in [0.5, 0.6) is 0 Å². The van der Waals surface area contributed by atoms with Gasteiger partial charge in [-0.15, -0.1) is 0 Å². The van der Waals surface area contributed by atoms with Crippen LogP contribution in [0.1, 0.15) is 37.0 Å². The van der Waals surface area contributed by atoms with Gasteiger partial charge in [0, 0.05) is 0 Å². The zero-order valence-corrected chi connectivity index (χ0v) is 13.2. The predicted molar refractivity (Wildman–Crippen MR) is 79.1 cm³/mol. The lowest BCUT2D eigenvalue weighted by Crippen LogP contribution is -2.40. The summed E-state index contributed by atoms with van der Waals surface area (Å²) in [6.07, 6.45) is 0.689. The van der Waals surface area contributed by atoms with E-state index in [-0.39, 0.29) is 23.5 Å². The lowest BCUT2D eigenvalue weighted by Gasteiger charge is -2.14. The van der Waals surface area contributed by atoms with E-state index in [0.717, 1.165) is 6.07 Å². The minimum atomic E-state index is -4.04. The summed E-state index contributed by atoms with van der Waals surface area (Å²) < 4.78 is 31.4. The molecule has 1 rings (SSSR count). The molecule has 0 saturated carbocycles. The lowest BCUT2D eigenvalue weighted by atomic mass is 10.2. The van der Waals surface area contributed by atoms with Gasteiger partial charge in [0.2, 0.25) is 10.0 Å². The Morgan fingerprint density at radius 1 is 1.32 bits per heavy atom. The molecule has 1 atom stereocenters. The van der Waals surface area contributed by atoms with E-state index in [1.165, 1.54) is 18.2 Å².